The van der Waals surface area contributed by atoms with Crippen molar-refractivity contribution in [2.45, 2.75) is 39.0 Å². The average Bonchev–Trinajstić information content (AvgIpc) is 2.29. The van der Waals surface area contributed by atoms with Crippen molar-refractivity contribution in [3.63, 3.8) is 0 Å². The highest BCUT2D eigenvalue weighted by Gasteiger charge is 2.15. The first-order valence-corrected chi connectivity index (χ1v) is 6.28. The van der Waals surface area contributed by atoms with E-state index in [1.165, 1.54) is 5.56 Å². The molecule has 0 aromatic heterocycles. The highest BCUT2D eigenvalue weighted by Crippen LogP contribution is 2.06. The Morgan fingerprint density at radius 3 is 2.47 bits per heavy atom. The zero-order valence-corrected chi connectivity index (χ0v) is 10.8. The number of nitrogens with two attached hydrogens (primary N) is 1. The summed E-state index contributed by atoms with van der Waals surface area (Å²) in [4.78, 5) is 0. The lowest BCUT2D eigenvalue weighted by Gasteiger charge is -2.20. The van der Waals surface area contributed by atoms with Gasteiger partial charge < -0.3 is 16.2 Å². The van der Waals surface area contributed by atoms with Gasteiger partial charge >= 0.3 is 0 Å². The first-order chi connectivity index (χ1) is 8.09. The molecule has 0 saturated carbocycles. The Morgan fingerprint density at radius 1 is 1.24 bits per heavy atom. The summed E-state index contributed by atoms with van der Waals surface area (Å²) in [6.45, 7) is 5.54. The molecule has 0 heterocycles. The number of rotatable bonds is 7. The smallest absolute Gasteiger partial charge is 0.0815 e. The SMILES string of the molecule is CC(C)CC(N)C(O)CNCc1ccccc1. The summed E-state index contributed by atoms with van der Waals surface area (Å²) < 4.78 is 0. The Bertz CT molecular complexity index is 300. The molecule has 0 amide bonds. The predicted octanol–water partition coefficient (Wildman–Crippen LogP) is 1.51. The van der Waals surface area contributed by atoms with Crippen LogP contribution in [0.15, 0.2) is 30.3 Å². The first kappa shape index (κ1) is 14.2. The van der Waals surface area contributed by atoms with E-state index in [1.807, 2.05) is 18.2 Å². The van der Waals surface area contributed by atoms with Gasteiger partial charge in [0.05, 0.1) is 6.10 Å². The molecule has 3 heteroatoms. The van der Waals surface area contributed by atoms with E-state index in [-0.39, 0.29) is 6.04 Å². The Morgan fingerprint density at radius 2 is 1.88 bits per heavy atom. The molecule has 0 spiro atoms. The van der Waals surface area contributed by atoms with Crippen LogP contribution in [0.3, 0.4) is 0 Å². The van der Waals surface area contributed by atoms with E-state index in [2.05, 4.69) is 31.3 Å². The summed E-state index contributed by atoms with van der Waals surface area (Å²) in [5, 5.41) is 13.1. The Kier molecular flexibility index (Phi) is 6.19. The number of nitrogens with one attached hydrogen (secondary N) is 1. The topological polar surface area (TPSA) is 58.3 Å². The Hall–Kier alpha value is -0.900. The van der Waals surface area contributed by atoms with Gasteiger partial charge in [0.2, 0.25) is 0 Å². The second kappa shape index (κ2) is 7.43. The number of hydrogen-bond acceptors (Lipinski definition) is 3. The fraction of sp³-hybridized carbons (Fsp3) is 0.571. The maximum absolute atomic E-state index is 9.86. The number of aliphatic hydroxyl groups is 1. The van der Waals surface area contributed by atoms with Gasteiger partial charge in [0.25, 0.3) is 0 Å². The van der Waals surface area contributed by atoms with Crippen molar-refractivity contribution in [3.8, 4) is 0 Å². The van der Waals surface area contributed by atoms with E-state index in [4.69, 9.17) is 5.73 Å². The van der Waals surface area contributed by atoms with Gasteiger partial charge in [0.15, 0.2) is 0 Å². The third-order valence-electron chi connectivity index (χ3n) is 2.76. The zero-order chi connectivity index (χ0) is 12.7. The second-order valence-corrected chi connectivity index (χ2v) is 4.98. The summed E-state index contributed by atoms with van der Waals surface area (Å²) in [5.74, 6) is 0.522. The maximum atomic E-state index is 9.86. The molecule has 2 unspecified atom stereocenters. The van der Waals surface area contributed by atoms with Crippen LogP contribution in [0.4, 0.5) is 0 Å². The third-order valence-corrected chi connectivity index (χ3v) is 2.76. The molecule has 96 valence electrons. The monoisotopic (exact) mass is 236 g/mol. The molecule has 0 aliphatic carbocycles. The van der Waals surface area contributed by atoms with Gasteiger partial charge in [-0.2, -0.15) is 0 Å². The predicted molar refractivity (Wildman–Crippen MR) is 71.6 cm³/mol. The summed E-state index contributed by atoms with van der Waals surface area (Å²) in [6, 6.07) is 10.0. The number of benzene rings is 1. The molecule has 0 aliphatic rings. The van der Waals surface area contributed by atoms with Crippen molar-refractivity contribution in [3.05, 3.63) is 35.9 Å². The molecule has 17 heavy (non-hydrogen) atoms. The van der Waals surface area contributed by atoms with Crippen molar-refractivity contribution in [1.29, 1.82) is 0 Å². The Balaban J connectivity index is 2.22. The third kappa shape index (κ3) is 5.82. The van der Waals surface area contributed by atoms with Crippen LogP contribution in [-0.2, 0) is 6.54 Å². The lowest BCUT2D eigenvalue weighted by atomic mass is 10.00. The maximum Gasteiger partial charge on any atom is 0.0815 e. The van der Waals surface area contributed by atoms with Crippen LogP contribution in [0, 0.1) is 5.92 Å². The minimum atomic E-state index is -0.471. The van der Waals surface area contributed by atoms with E-state index in [1.54, 1.807) is 0 Å². The van der Waals surface area contributed by atoms with Gasteiger partial charge in [-0.25, -0.2) is 0 Å². The first-order valence-electron chi connectivity index (χ1n) is 6.28. The lowest BCUT2D eigenvalue weighted by molar-refractivity contribution is 0.132. The fourth-order valence-corrected chi connectivity index (χ4v) is 1.81. The van der Waals surface area contributed by atoms with E-state index in [9.17, 15) is 5.11 Å². The van der Waals surface area contributed by atoms with Gasteiger partial charge in [-0.05, 0) is 17.9 Å². The van der Waals surface area contributed by atoms with Crippen molar-refractivity contribution < 1.29 is 5.11 Å². The molecule has 0 bridgehead atoms. The van der Waals surface area contributed by atoms with Crippen molar-refractivity contribution in [2.75, 3.05) is 6.54 Å². The molecular formula is C14H24N2O. The van der Waals surface area contributed by atoms with Crippen LogP contribution in [0.2, 0.25) is 0 Å². The van der Waals surface area contributed by atoms with E-state index < -0.39 is 6.10 Å². The minimum absolute atomic E-state index is 0.140. The van der Waals surface area contributed by atoms with Gasteiger partial charge in [-0.3, -0.25) is 0 Å². The van der Waals surface area contributed by atoms with Crippen molar-refractivity contribution in [2.24, 2.45) is 11.7 Å². The number of hydrogen-bond donors (Lipinski definition) is 3. The van der Waals surface area contributed by atoms with Crippen LogP contribution < -0.4 is 11.1 Å². The van der Waals surface area contributed by atoms with E-state index in [0.29, 0.717) is 12.5 Å². The van der Waals surface area contributed by atoms with Crippen LogP contribution in [0.25, 0.3) is 0 Å². The van der Waals surface area contributed by atoms with Gasteiger partial charge in [-0.15, -0.1) is 0 Å². The van der Waals surface area contributed by atoms with Gasteiger partial charge in [0.1, 0.15) is 0 Å². The molecule has 0 fully saturated rings. The molecular weight excluding hydrogens is 212 g/mol. The van der Waals surface area contributed by atoms with Crippen LogP contribution >= 0.6 is 0 Å². The molecule has 0 radical (unpaired) electrons. The Labute approximate surface area is 104 Å². The minimum Gasteiger partial charge on any atom is -0.390 e. The van der Waals surface area contributed by atoms with Crippen LogP contribution in [-0.4, -0.2) is 23.8 Å². The molecule has 1 rings (SSSR count). The molecule has 1 aromatic rings. The molecule has 0 aliphatic heterocycles. The number of aliphatic hydroxyl groups excluding tert-OH is 1. The standard InChI is InChI=1S/C14H24N2O/c1-11(2)8-13(15)14(17)10-16-9-12-6-4-3-5-7-12/h3-7,11,13-14,16-17H,8-10,15H2,1-2H3. The van der Waals surface area contributed by atoms with E-state index >= 15 is 0 Å². The van der Waals surface area contributed by atoms with Crippen LogP contribution in [0.5, 0.6) is 0 Å². The molecule has 1 aromatic carbocycles. The lowest BCUT2D eigenvalue weighted by Crippen LogP contribution is -2.42. The van der Waals surface area contributed by atoms with Gasteiger partial charge in [-0.1, -0.05) is 44.2 Å². The van der Waals surface area contributed by atoms with E-state index in [0.717, 1.165) is 13.0 Å². The highest BCUT2D eigenvalue weighted by atomic mass is 16.3. The average molecular weight is 236 g/mol. The van der Waals surface area contributed by atoms with Crippen molar-refractivity contribution in [1.82, 2.24) is 5.32 Å². The fourth-order valence-electron chi connectivity index (χ4n) is 1.81. The second-order valence-electron chi connectivity index (χ2n) is 4.98. The highest BCUT2D eigenvalue weighted by molar-refractivity contribution is 5.14. The molecule has 4 N–H and O–H groups in total. The summed E-state index contributed by atoms with van der Waals surface area (Å²) in [7, 11) is 0. The quantitative estimate of drug-likeness (QED) is 0.672. The molecule has 3 nitrogen and oxygen atoms in total. The zero-order valence-electron chi connectivity index (χ0n) is 10.8. The summed E-state index contributed by atoms with van der Waals surface area (Å²) >= 11 is 0. The van der Waals surface area contributed by atoms with Gasteiger partial charge in [0, 0.05) is 19.1 Å². The normalized spacial score (nSPS) is 14.9. The summed E-state index contributed by atoms with van der Waals surface area (Å²) in [5.41, 5.74) is 7.13. The molecule has 2 atom stereocenters. The van der Waals surface area contributed by atoms with Crippen molar-refractivity contribution >= 4 is 0 Å². The summed E-state index contributed by atoms with van der Waals surface area (Å²) in [6.07, 6.45) is 0.384. The van der Waals surface area contributed by atoms with Crippen LogP contribution in [0.1, 0.15) is 25.8 Å². The molecule has 0 saturated heterocycles. The largest absolute Gasteiger partial charge is 0.390 e.